The first kappa shape index (κ1) is 28.7. The summed E-state index contributed by atoms with van der Waals surface area (Å²) in [7, 11) is 3.86. The van der Waals surface area contributed by atoms with Gasteiger partial charge in [0, 0.05) is 55.8 Å². The number of anilines is 2. The van der Waals surface area contributed by atoms with Crippen molar-refractivity contribution in [2.24, 2.45) is 0 Å². The summed E-state index contributed by atoms with van der Waals surface area (Å²) in [5.74, 6) is -0.0752. The first-order chi connectivity index (χ1) is 19.7. The fourth-order valence-electron chi connectivity index (χ4n) is 4.90. The number of carbonyl (C=O) groups is 1. The normalized spacial score (nSPS) is 14.8. The Kier molecular flexibility index (Phi) is 8.35. The number of amides is 1. The van der Waals surface area contributed by atoms with Crippen LogP contribution >= 0.6 is 23.2 Å². The highest BCUT2D eigenvalue weighted by Gasteiger charge is 2.30. The van der Waals surface area contributed by atoms with Crippen LogP contribution in [-0.2, 0) is 4.79 Å². The summed E-state index contributed by atoms with van der Waals surface area (Å²) < 4.78 is 27.8. The van der Waals surface area contributed by atoms with Crippen LogP contribution in [0.4, 0.5) is 15.9 Å². The zero-order valence-corrected chi connectivity index (χ0v) is 24.1. The molecule has 0 aliphatic carbocycles. The Morgan fingerprint density at radius 1 is 1.24 bits per heavy atom. The van der Waals surface area contributed by atoms with E-state index in [1.54, 1.807) is 11.0 Å². The molecule has 0 spiro atoms. The van der Waals surface area contributed by atoms with Crippen molar-refractivity contribution in [3.63, 3.8) is 0 Å². The van der Waals surface area contributed by atoms with Gasteiger partial charge in [0.1, 0.15) is 30.6 Å². The van der Waals surface area contributed by atoms with Gasteiger partial charge in [0.15, 0.2) is 11.6 Å². The number of fused-ring (bicyclic) bond motifs is 5. The molecule has 1 saturated heterocycles. The van der Waals surface area contributed by atoms with Crippen LogP contribution in [0.5, 0.6) is 11.8 Å². The molecule has 2 aliphatic heterocycles. The van der Waals surface area contributed by atoms with Crippen molar-refractivity contribution in [2.75, 3.05) is 76.8 Å². The van der Waals surface area contributed by atoms with Crippen molar-refractivity contribution in [2.45, 2.75) is 0 Å². The van der Waals surface area contributed by atoms with Gasteiger partial charge >= 0.3 is 6.01 Å². The summed E-state index contributed by atoms with van der Waals surface area (Å²) in [6.45, 7) is 6.98. The highest BCUT2D eigenvalue weighted by Crippen LogP contribution is 2.49. The average molecular weight is 600 g/mol. The van der Waals surface area contributed by atoms with E-state index in [9.17, 15) is 10.1 Å². The maximum absolute atomic E-state index is 15.7. The van der Waals surface area contributed by atoms with Crippen LogP contribution < -0.4 is 19.7 Å². The molecule has 3 heterocycles. The van der Waals surface area contributed by atoms with E-state index in [1.807, 2.05) is 23.9 Å². The van der Waals surface area contributed by atoms with Crippen molar-refractivity contribution >= 4 is 51.5 Å². The number of nitrogens with zero attached hydrogens (tertiary/aromatic N) is 6. The van der Waals surface area contributed by atoms with Gasteiger partial charge in [-0.2, -0.15) is 15.2 Å². The Labute approximate surface area is 246 Å². The van der Waals surface area contributed by atoms with E-state index in [4.69, 9.17) is 42.6 Å². The van der Waals surface area contributed by atoms with Gasteiger partial charge in [-0.25, -0.2) is 4.39 Å². The van der Waals surface area contributed by atoms with Crippen molar-refractivity contribution in [3.8, 4) is 29.0 Å². The maximum atomic E-state index is 15.7. The summed E-state index contributed by atoms with van der Waals surface area (Å²) in [5, 5.41) is 13.4. The second-order valence-corrected chi connectivity index (χ2v) is 10.6. The fraction of sp³-hybridized carbons (Fsp3) is 0.357. The molecule has 1 amide bonds. The predicted molar refractivity (Wildman–Crippen MR) is 157 cm³/mol. The lowest BCUT2D eigenvalue weighted by molar-refractivity contribution is -0.126. The van der Waals surface area contributed by atoms with E-state index in [1.165, 1.54) is 12.1 Å². The molecule has 13 heteroatoms. The quantitative estimate of drug-likeness (QED) is 0.417. The zero-order chi connectivity index (χ0) is 29.3. The van der Waals surface area contributed by atoms with E-state index in [0.717, 1.165) is 0 Å². The minimum atomic E-state index is -0.735. The third kappa shape index (κ3) is 5.55. The van der Waals surface area contributed by atoms with Gasteiger partial charge in [0.05, 0.1) is 21.3 Å². The van der Waals surface area contributed by atoms with Crippen LogP contribution in [-0.4, -0.2) is 92.3 Å². The molecule has 2 aliphatic rings. The Morgan fingerprint density at radius 2 is 2.00 bits per heavy atom. The lowest BCUT2D eigenvalue weighted by Gasteiger charge is -2.35. The van der Waals surface area contributed by atoms with Crippen molar-refractivity contribution in [1.82, 2.24) is 19.8 Å². The number of piperazine rings is 1. The fourth-order valence-corrected chi connectivity index (χ4v) is 5.39. The van der Waals surface area contributed by atoms with Crippen molar-refractivity contribution in [3.05, 3.63) is 46.2 Å². The molecular weight excluding hydrogens is 572 g/mol. The molecule has 0 saturated carbocycles. The van der Waals surface area contributed by atoms with E-state index in [-0.39, 0.29) is 56.7 Å². The number of rotatable bonds is 6. The van der Waals surface area contributed by atoms with Crippen LogP contribution in [0.3, 0.4) is 0 Å². The van der Waals surface area contributed by atoms with Gasteiger partial charge in [-0.3, -0.25) is 4.79 Å². The van der Waals surface area contributed by atoms with Gasteiger partial charge in [0.2, 0.25) is 5.91 Å². The maximum Gasteiger partial charge on any atom is 0.319 e. The number of halogens is 3. The SMILES string of the molecule is C=CC(=O)N1CCN(c2nc(OCCN(C)C)nc3c4c(c(Cl)cc23)-c2c(F)c(Cl)cc(C#N)c2NCCO4)CC1. The number of nitriles is 1. The van der Waals surface area contributed by atoms with Crippen LogP contribution in [0, 0.1) is 17.1 Å². The molecule has 10 nitrogen and oxygen atoms in total. The number of nitrogens with one attached hydrogen (secondary N) is 1. The topological polar surface area (TPSA) is 107 Å². The number of hydrogen-bond donors (Lipinski definition) is 1. The molecule has 0 radical (unpaired) electrons. The minimum Gasteiger partial charge on any atom is -0.489 e. The molecule has 0 unspecified atom stereocenters. The van der Waals surface area contributed by atoms with Gasteiger partial charge in [0.25, 0.3) is 0 Å². The summed E-state index contributed by atoms with van der Waals surface area (Å²) in [5.41, 5.74) is 1.09. The third-order valence-electron chi connectivity index (χ3n) is 6.93. The molecule has 0 bridgehead atoms. The molecule has 1 aromatic heterocycles. The van der Waals surface area contributed by atoms with Gasteiger partial charge in [-0.05, 0) is 32.3 Å². The third-order valence-corrected chi connectivity index (χ3v) is 7.51. The van der Waals surface area contributed by atoms with Gasteiger partial charge < -0.3 is 29.5 Å². The van der Waals surface area contributed by atoms with Crippen LogP contribution in [0.25, 0.3) is 22.0 Å². The lowest BCUT2D eigenvalue weighted by atomic mass is 9.96. The molecule has 0 atom stereocenters. The molecular formula is C28H28Cl2FN7O3. The Hall–Kier alpha value is -3.85. The Morgan fingerprint density at radius 3 is 2.68 bits per heavy atom. The van der Waals surface area contributed by atoms with Crippen LogP contribution in [0.2, 0.25) is 10.0 Å². The minimum absolute atomic E-state index is 0.0300. The molecule has 2 aromatic carbocycles. The second-order valence-electron chi connectivity index (χ2n) is 9.81. The molecule has 1 N–H and O–H groups in total. The standard InChI is InChI=1S/C28H28Cl2FN7O3/c1-4-20(39)37-6-8-38(9-7-37)27-17-14-18(29)21-22-23(31)19(30)13-16(15-32)24(22)33-5-11-40-26(21)25(17)34-28(35-27)41-12-10-36(2)3/h4,13-14,33H,1,5-12H2,2-3H3. The van der Waals surface area contributed by atoms with Gasteiger partial charge in [-0.1, -0.05) is 29.8 Å². The summed E-state index contributed by atoms with van der Waals surface area (Å²) in [6, 6.07) is 5.15. The first-order valence-electron chi connectivity index (χ1n) is 13.0. The second kappa shape index (κ2) is 11.9. The first-order valence-corrected chi connectivity index (χ1v) is 13.8. The number of likely N-dealkylation sites (N-methyl/N-ethyl adjacent to an activating group) is 1. The smallest absolute Gasteiger partial charge is 0.319 e. The largest absolute Gasteiger partial charge is 0.489 e. The zero-order valence-electron chi connectivity index (χ0n) is 22.6. The summed E-state index contributed by atoms with van der Waals surface area (Å²) >= 11 is 13.1. The predicted octanol–water partition coefficient (Wildman–Crippen LogP) is 4.19. The number of carbonyl (C=O) groups excluding carboxylic acids is 1. The number of hydrogen-bond acceptors (Lipinski definition) is 9. The lowest BCUT2D eigenvalue weighted by Crippen LogP contribution is -2.48. The molecule has 5 rings (SSSR count). The summed E-state index contributed by atoms with van der Waals surface area (Å²) in [4.78, 5) is 27.3. The average Bonchev–Trinajstić information content (AvgIpc) is 2.95. The van der Waals surface area contributed by atoms with Crippen LogP contribution in [0.15, 0.2) is 24.8 Å². The number of benzene rings is 2. The van der Waals surface area contributed by atoms with E-state index >= 15 is 4.39 Å². The van der Waals surface area contributed by atoms with Crippen molar-refractivity contribution < 1.29 is 18.7 Å². The number of ether oxygens (including phenoxy) is 2. The molecule has 3 aromatic rings. The van der Waals surface area contributed by atoms with Crippen LogP contribution in [0.1, 0.15) is 5.56 Å². The molecule has 214 valence electrons. The Balaban J connectivity index is 1.72. The monoisotopic (exact) mass is 599 g/mol. The van der Waals surface area contributed by atoms with Crippen molar-refractivity contribution in [1.29, 1.82) is 5.26 Å². The van der Waals surface area contributed by atoms with E-state index < -0.39 is 5.82 Å². The highest BCUT2D eigenvalue weighted by molar-refractivity contribution is 6.36. The van der Waals surface area contributed by atoms with Gasteiger partial charge in [-0.15, -0.1) is 0 Å². The van der Waals surface area contributed by atoms with E-state index in [2.05, 4.69) is 18.0 Å². The molecule has 41 heavy (non-hydrogen) atoms. The number of aromatic nitrogens is 2. The molecule has 1 fully saturated rings. The highest BCUT2D eigenvalue weighted by atomic mass is 35.5. The Bertz CT molecular complexity index is 1570. The van der Waals surface area contributed by atoms with E-state index in [0.29, 0.717) is 62.6 Å². The summed E-state index contributed by atoms with van der Waals surface area (Å²) in [6.07, 6.45) is 1.30.